The number of amides is 1. The van der Waals surface area contributed by atoms with Crippen molar-refractivity contribution in [2.45, 2.75) is 32.2 Å². The van der Waals surface area contributed by atoms with E-state index in [0.29, 0.717) is 24.8 Å². The lowest BCUT2D eigenvalue weighted by Gasteiger charge is -2.15. The molecule has 0 bridgehead atoms. The van der Waals surface area contributed by atoms with Gasteiger partial charge in [-0.1, -0.05) is 12.1 Å². The molecular weight excluding hydrogens is 240 g/mol. The minimum absolute atomic E-state index is 0.151. The van der Waals surface area contributed by atoms with Crippen molar-refractivity contribution >= 4 is 5.91 Å². The molecule has 0 aliphatic carbocycles. The van der Waals surface area contributed by atoms with Crippen LogP contribution >= 0.6 is 0 Å². The zero-order chi connectivity index (χ0) is 14.3. The number of nitrogens with zero attached hydrogens (tertiary/aromatic N) is 1. The number of nitrogens with one attached hydrogen (secondary N) is 1. The van der Waals surface area contributed by atoms with Crippen LogP contribution in [-0.2, 0) is 11.2 Å². The molecule has 106 valence electrons. The van der Waals surface area contributed by atoms with Crippen molar-refractivity contribution in [1.82, 2.24) is 10.2 Å². The van der Waals surface area contributed by atoms with Crippen molar-refractivity contribution in [3.8, 4) is 5.75 Å². The highest BCUT2D eigenvalue weighted by Crippen LogP contribution is 2.11. The van der Waals surface area contributed by atoms with Crippen LogP contribution in [0, 0.1) is 0 Å². The van der Waals surface area contributed by atoms with Gasteiger partial charge in [-0.3, -0.25) is 4.79 Å². The standard InChI is InChI=1S/C15H24N2O2/c1-12(16-11-10-15(19)17(2)3)4-5-13-6-8-14(18)9-7-13/h6-9,12,16,18H,4-5,10-11H2,1-3H3. The topological polar surface area (TPSA) is 52.6 Å². The summed E-state index contributed by atoms with van der Waals surface area (Å²) in [6, 6.07) is 7.69. The van der Waals surface area contributed by atoms with E-state index in [1.54, 1.807) is 31.1 Å². The number of phenolic OH excluding ortho intramolecular Hbond substituents is 1. The predicted molar refractivity (Wildman–Crippen MR) is 77.2 cm³/mol. The van der Waals surface area contributed by atoms with Gasteiger partial charge in [0.15, 0.2) is 0 Å². The lowest BCUT2D eigenvalue weighted by Crippen LogP contribution is -2.31. The van der Waals surface area contributed by atoms with Crippen LogP contribution in [0.1, 0.15) is 25.3 Å². The highest BCUT2D eigenvalue weighted by Gasteiger charge is 2.06. The van der Waals surface area contributed by atoms with Gasteiger partial charge in [0.2, 0.25) is 5.91 Å². The maximum Gasteiger partial charge on any atom is 0.223 e. The number of aromatic hydroxyl groups is 1. The fourth-order valence-electron chi connectivity index (χ4n) is 1.80. The highest BCUT2D eigenvalue weighted by atomic mass is 16.3. The summed E-state index contributed by atoms with van der Waals surface area (Å²) in [4.78, 5) is 13.0. The van der Waals surface area contributed by atoms with Gasteiger partial charge in [-0.2, -0.15) is 0 Å². The maximum absolute atomic E-state index is 11.4. The molecule has 1 aromatic carbocycles. The number of benzene rings is 1. The Morgan fingerprint density at radius 2 is 1.95 bits per heavy atom. The average Bonchev–Trinajstić information content (AvgIpc) is 2.37. The second-order valence-electron chi connectivity index (χ2n) is 5.10. The second-order valence-corrected chi connectivity index (χ2v) is 5.10. The van der Waals surface area contributed by atoms with Gasteiger partial charge in [-0.15, -0.1) is 0 Å². The van der Waals surface area contributed by atoms with E-state index in [1.165, 1.54) is 5.56 Å². The molecule has 0 radical (unpaired) electrons. The van der Waals surface area contributed by atoms with Crippen molar-refractivity contribution in [1.29, 1.82) is 0 Å². The molecule has 1 aromatic rings. The largest absolute Gasteiger partial charge is 0.508 e. The summed E-state index contributed by atoms with van der Waals surface area (Å²) in [6.07, 6.45) is 2.52. The van der Waals surface area contributed by atoms with Crippen molar-refractivity contribution in [3.63, 3.8) is 0 Å². The zero-order valence-corrected chi connectivity index (χ0v) is 12.0. The molecule has 1 amide bonds. The molecule has 0 heterocycles. The minimum Gasteiger partial charge on any atom is -0.508 e. The minimum atomic E-state index is 0.151. The van der Waals surface area contributed by atoms with E-state index >= 15 is 0 Å². The number of rotatable bonds is 7. The van der Waals surface area contributed by atoms with Crippen LogP contribution in [0.2, 0.25) is 0 Å². The van der Waals surface area contributed by atoms with Crippen molar-refractivity contribution in [3.05, 3.63) is 29.8 Å². The first kappa shape index (κ1) is 15.5. The lowest BCUT2D eigenvalue weighted by atomic mass is 10.1. The Bertz CT molecular complexity index is 388. The Morgan fingerprint density at radius 1 is 1.32 bits per heavy atom. The molecule has 0 saturated carbocycles. The molecular formula is C15H24N2O2. The summed E-state index contributed by atoms with van der Waals surface area (Å²) < 4.78 is 0. The van der Waals surface area contributed by atoms with Crippen molar-refractivity contribution in [2.75, 3.05) is 20.6 Å². The number of carbonyl (C=O) groups is 1. The normalized spacial score (nSPS) is 12.2. The molecule has 19 heavy (non-hydrogen) atoms. The summed E-state index contributed by atoms with van der Waals surface area (Å²) in [5.74, 6) is 0.454. The van der Waals surface area contributed by atoms with Crippen LogP contribution in [0.25, 0.3) is 0 Å². The van der Waals surface area contributed by atoms with E-state index < -0.39 is 0 Å². The van der Waals surface area contributed by atoms with Crippen LogP contribution in [0.15, 0.2) is 24.3 Å². The third-order valence-corrected chi connectivity index (χ3v) is 3.13. The van der Waals surface area contributed by atoms with Gasteiger partial charge in [0.05, 0.1) is 0 Å². The first-order chi connectivity index (χ1) is 8.99. The quantitative estimate of drug-likeness (QED) is 0.789. The molecule has 1 unspecified atom stereocenters. The Kier molecular flexibility index (Phi) is 6.36. The summed E-state index contributed by atoms with van der Waals surface area (Å²) in [6.45, 7) is 2.84. The molecule has 1 atom stereocenters. The smallest absolute Gasteiger partial charge is 0.223 e. The Balaban J connectivity index is 2.19. The van der Waals surface area contributed by atoms with Gasteiger partial charge in [-0.25, -0.2) is 0 Å². The monoisotopic (exact) mass is 264 g/mol. The van der Waals surface area contributed by atoms with Crippen LogP contribution in [0.4, 0.5) is 0 Å². The SMILES string of the molecule is CC(CCc1ccc(O)cc1)NCCC(=O)N(C)C. The van der Waals surface area contributed by atoms with Gasteiger partial charge in [0.1, 0.15) is 5.75 Å². The molecule has 0 spiro atoms. The number of hydrogen-bond donors (Lipinski definition) is 2. The summed E-state index contributed by atoms with van der Waals surface area (Å²) in [7, 11) is 3.55. The van der Waals surface area contributed by atoms with Crippen LogP contribution < -0.4 is 5.32 Å². The zero-order valence-electron chi connectivity index (χ0n) is 12.0. The predicted octanol–water partition coefficient (Wildman–Crippen LogP) is 1.78. The van der Waals surface area contributed by atoms with Crippen LogP contribution in [-0.4, -0.2) is 42.6 Å². The van der Waals surface area contributed by atoms with E-state index in [9.17, 15) is 9.90 Å². The van der Waals surface area contributed by atoms with Gasteiger partial charge in [-0.05, 0) is 37.5 Å². The van der Waals surface area contributed by atoms with Crippen molar-refractivity contribution in [2.24, 2.45) is 0 Å². The fourth-order valence-corrected chi connectivity index (χ4v) is 1.80. The van der Waals surface area contributed by atoms with Gasteiger partial charge in [0.25, 0.3) is 0 Å². The van der Waals surface area contributed by atoms with Gasteiger partial charge >= 0.3 is 0 Å². The molecule has 2 N–H and O–H groups in total. The van der Waals surface area contributed by atoms with E-state index in [1.807, 2.05) is 12.1 Å². The molecule has 0 aliphatic rings. The summed E-state index contributed by atoms with van der Waals surface area (Å²) >= 11 is 0. The number of phenols is 1. The molecule has 0 aromatic heterocycles. The maximum atomic E-state index is 11.4. The molecule has 1 rings (SSSR count). The number of hydrogen-bond acceptors (Lipinski definition) is 3. The molecule has 4 heteroatoms. The lowest BCUT2D eigenvalue weighted by molar-refractivity contribution is -0.128. The van der Waals surface area contributed by atoms with E-state index in [4.69, 9.17) is 0 Å². The second kappa shape index (κ2) is 7.79. The molecule has 4 nitrogen and oxygen atoms in total. The van der Waals surface area contributed by atoms with Crippen LogP contribution in [0.3, 0.4) is 0 Å². The Hall–Kier alpha value is -1.55. The van der Waals surface area contributed by atoms with E-state index in [0.717, 1.165) is 12.8 Å². The third kappa shape index (κ3) is 6.25. The first-order valence-electron chi connectivity index (χ1n) is 6.70. The Morgan fingerprint density at radius 3 is 2.53 bits per heavy atom. The van der Waals surface area contributed by atoms with Gasteiger partial charge < -0.3 is 15.3 Å². The van der Waals surface area contributed by atoms with Crippen LogP contribution in [0.5, 0.6) is 5.75 Å². The van der Waals surface area contributed by atoms with Gasteiger partial charge in [0, 0.05) is 33.1 Å². The molecule has 0 saturated heterocycles. The fraction of sp³-hybridized carbons (Fsp3) is 0.533. The number of carbonyl (C=O) groups excluding carboxylic acids is 1. The molecule has 0 aliphatic heterocycles. The van der Waals surface area contributed by atoms with E-state index in [2.05, 4.69) is 12.2 Å². The van der Waals surface area contributed by atoms with E-state index in [-0.39, 0.29) is 5.91 Å². The third-order valence-electron chi connectivity index (χ3n) is 3.13. The summed E-state index contributed by atoms with van der Waals surface area (Å²) in [5.41, 5.74) is 1.22. The molecule has 0 fully saturated rings. The number of aryl methyl sites for hydroxylation is 1. The highest BCUT2D eigenvalue weighted by molar-refractivity contribution is 5.75. The Labute approximate surface area is 115 Å². The van der Waals surface area contributed by atoms with Crippen molar-refractivity contribution < 1.29 is 9.90 Å². The average molecular weight is 264 g/mol. The summed E-state index contributed by atoms with van der Waals surface area (Å²) in [5, 5.41) is 12.6. The first-order valence-corrected chi connectivity index (χ1v) is 6.70.